The third kappa shape index (κ3) is 10.9. The van der Waals surface area contributed by atoms with Crippen LogP contribution in [0.25, 0.3) is 0 Å². The Hall–Kier alpha value is -0.990. The van der Waals surface area contributed by atoms with Gasteiger partial charge in [-0.25, -0.2) is 4.79 Å². The summed E-state index contributed by atoms with van der Waals surface area (Å²) in [6.45, 7) is 6.31. The quantitative estimate of drug-likeness (QED) is 0.333. The molecule has 0 aromatic carbocycles. The van der Waals surface area contributed by atoms with E-state index in [1.165, 1.54) is 31.8 Å². The molecule has 3 nitrogen and oxygen atoms in total. The van der Waals surface area contributed by atoms with Gasteiger partial charge in [0.25, 0.3) is 0 Å². The molecule has 0 fully saturated rings. The van der Waals surface area contributed by atoms with E-state index in [9.17, 15) is 4.79 Å². The second-order valence-electron chi connectivity index (χ2n) is 3.47. The number of hydrogen-bond acceptors (Lipinski definition) is 3. The van der Waals surface area contributed by atoms with E-state index in [1.54, 1.807) is 0 Å². The van der Waals surface area contributed by atoms with E-state index < -0.39 is 6.16 Å². The summed E-state index contributed by atoms with van der Waals surface area (Å²) in [5.74, 6) is 0. The number of carbonyl (C=O) groups is 1. The standard InChI is InChI=1S/C12H22O3/c1-3-5-6-7-8-9-11-15-12(13)14-10-4-2/h4H,2-3,5-11H2,1H3. The summed E-state index contributed by atoms with van der Waals surface area (Å²) in [5, 5.41) is 0. The largest absolute Gasteiger partial charge is 0.508 e. The zero-order valence-corrected chi connectivity index (χ0v) is 9.67. The average Bonchev–Trinajstić information content (AvgIpc) is 2.25. The molecular formula is C12H22O3. The Balaban J connectivity index is 3.09. The van der Waals surface area contributed by atoms with Crippen molar-refractivity contribution in [2.24, 2.45) is 0 Å². The molecule has 0 aromatic heterocycles. The minimum absolute atomic E-state index is 0.218. The number of ether oxygens (including phenoxy) is 2. The molecule has 0 saturated heterocycles. The molecule has 0 amide bonds. The Kier molecular flexibility index (Phi) is 10.4. The lowest BCUT2D eigenvalue weighted by Crippen LogP contribution is -2.08. The lowest BCUT2D eigenvalue weighted by molar-refractivity contribution is 0.0620. The topological polar surface area (TPSA) is 35.5 Å². The molecule has 0 aliphatic rings. The Morgan fingerprint density at radius 2 is 1.80 bits per heavy atom. The highest BCUT2D eigenvalue weighted by Gasteiger charge is 2.00. The van der Waals surface area contributed by atoms with E-state index in [2.05, 4.69) is 18.2 Å². The molecule has 15 heavy (non-hydrogen) atoms. The van der Waals surface area contributed by atoms with Crippen molar-refractivity contribution in [1.82, 2.24) is 0 Å². The maximum absolute atomic E-state index is 10.8. The Morgan fingerprint density at radius 1 is 1.13 bits per heavy atom. The fraction of sp³-hybridized carbons (Fsp3) is 0.750. The summed E-state index contributed by atoms with van der Waals surface area (Å²) in [6, 6.07) is 0. The van der Waals surface area contributed by atoms with E-state index in [-0.39, 0.29) is 6.61 Å². The SMILES string of the molecule is C=CCOC(=O)OCCCCCCCC. The molecule has 0 saturated carbocycles. The van der Waals surface area contributed by atoms with Gasteiger partial charge >= 0.3 is 6.16 Å². The lowest BCUT2D eigenvalue weighted by atomic mass is 10.1. The van der Waals surface area contributed by atoms with Gasteiger partial charge in [0.05, 0.1) is 6.61 Å². The van der Waals surface area contributed by atoms with Crippen LogP contribution in [-0.2, 0) is 9.47 Å². The van der Waals surface area contributed by atoms with Crippen molar-refractivity contribution >= 4 is 6.16 Å². The number of hydrogen-bond donors (Lipinski definition) is 0. The first-order valence-electron chi connectivity index (χ1n) is 5.71. The van der Waals surface area contributed by atoms with Gasteiger partial charge in [0.15, 0.2) is 0 Å². The van der Waals surface area contributed by atoms with Crippen LogP contribution in [0.15, 0.2) is 12.7 Å². The smallest absolute Gasteiger partial charge is 0.434 e. The van der Waals surface area contributed by atoms with E-state index in [4.69, 9.17) is 4.74 Å². The van der Waals surface area contributed by atoms with Crippen LogP contribution in [0.4, 0.5) is 4.79 Å². The van der Waals surface area contributed by atoms with Gasteiger partial charge in [0.1, 0.15) is 6.61 Å². The second-order valence-corrected chi connectivity index (χ2v) is 3.47. The van der Waals surface area contributed by atoms with E-state index in [0.717, 1.165) is 12.8 Å². The minimum atomic E-state index is -0.594. The maximum Gasteiger partial charge on any atom is 0.508 e. The number of unbranched alkanes of at least 4 members (excludes halogenated alkanes) is 5. The molecule has 0 rings (SSSR count). The minimum Gasteiger partial charge on any atom is -0.434 e. The Morgan fingerprint density at radius 3 is 2.47 bits per heavy atom. The van der Waals surface area contributed by atoms with Crippen molar-refractivity contribution in [2.75, 3.05) is 13.2 Å². The highest BCUT2D eigenvalue weighted by atomic mass is 16.7. The van der Waals surface area contributed by atoms with Crippen molar-refractivity contribution in [1.29, 1.82) is 0 Å². The second kappa shape index (κ2) is 11.1. The third-order valence-corrected chi connectivity index (χ3v) is 2.04. The van der Waals surface area contributed by atoms with Crippen LogP contribution < -0.4 is 0 Å². The Bertz CT molecular complexity index is 166. The van der Waals surface area contributed by atoms with Gasteiger partial charge < -0.3 is 9.47 Å². The fourth-order valence-corrected chi connectivity index (χ4v) is 1.21. The molecule has 0 aliphatic heterocycles. The highest BCUT2D eigenvalue weighted by Crippen LogP contribution is 2.05. The van der Waals surface area contributed by atoms with Crippen LogP contribution in [0.1, 0.15) is 45.4 Å². The molecule has 0 bridgehead atoms. The van der Waals surface area contributed by atoms with Gasteiger partial charge in [-0.15, -0.1) is 0 Å². The van der Waals surface area contributed by atoms with E-state index in [0.29, 0.717) is 6.61 Å². The molecule has 0 atom stereocenters. The van der Waals surface area contributed by atoms with Gasteiger partial charge in [-0.05, 0) is 6.42 Å². The number of carbonyl (C=O) groups excluding carboxylic acids is 1. The molecule has 88 valence electrons. The fourth-order valence-electron chi connectivity index (χ4n) is 1.21. The summed E-state index contributed by atoms with van der Waals surface area (Å²) in [4.78, 5) is 10.8. The van der Waals surface area contributed by atoms with Crippen LogP contribution in [0, 0.1) is 0 Å². The van der Waals surface area contributed by atoms with Crippen LogP contribution in [0.2, 0.25) is 0 Å². The summed E-state index contributed by atoms with van der Waals surface area (Å²) >= 11 is 0. The molecule has 3 heteroatoms. The number of rotatable bonds is 9. The zero-order chi connectivity index (χ0) is 11.4. The maximum atomic E-state index is 10.8. The van der Waals surface area contributed by atoms with Crippen molar-refractivity contribution in [2.45, 2.75) is 45.4 Å². The molecule has 0 radical (unpaired) electrons. The third-order valence-electron chi connectivity index (χ3n) is 2.04. The summed E-state index contributed by atoms with van der Waals surface area (Å²) < 4.78 is 9.50. The Labute approximate surface area is 92.5 Å². The molecule has 0 unspecified atom stereocenters. The molecule has 0 N–H and O–H groups in total. The first kappa shape index (κ1) is 14.0. The monoisotopic (exact) mass is 214 g/mol. The van der Waals surface area contributed by atoms with E-state index in [1.807, 2.05) is 0 Å². The summed E-state index contributed by atoms with van der Waals surface area (Å²) in [5.41, 5.74) is 0. The van der Waals surface area contributed by atoms with Gasteiger partial charge in [-0.3, -0.25) is 0 Å². The van der Waals surface area contributed by atoms with Gasteiger partial charge in [0, 0.05) is 0 Å². The van der Waals surface area contributed by atoms with Crippen LogP contribution >= 0.6 is 0 Å². The predicted molar refractivity (Wildman–Crippen MR) is 60.9 cm³/mol. The van der Waals surface area contributed by atoms with Crippen LogP contribution in [-0.4, -0.2) is 19.4 Å². The van der Waals surface area contributed by atoms with Gasteiger partial charge in [-0.1, -0.05) is 51.7 Å². The first-order valence-corrected chi connectivity index (χ1v) is 5.71. The molecule has 0 aromatic rings. The predicted octanol–water partition coefficient (Wildman–Crippen LogP) is 3.69. The lowest BCUT2D eigenvalue weighted by Gasteiger charge is -2.04. The van der Waals surface area contributed by atoms with E-state index >= 15 is 0 Å². The van der Waals surface area contributed by atoms with Crippen LogP contribution in [0.3, 0.4) is 0 Å². The summed E-state index contributed by atoms with van der Waals surface area (Å²) in [7, 11) is 0. The summed E-state index contributed by atoms with van der Waals surface area (Å²) in [6.07, 6.45) is 8.01. The van der Waals surface area contributed by atoms with Gasteiger partial charge in [0.2, 0.25) is 0 Å². The molecule has 0 spiro atoms. The van der Waals surface area contributed by atoms with Crippen molar-refractivity contribution < 1.29 is 14.3 Å². The van der Waals surface area contributed by atoms with Crippen molar-refractivity contribution in [3.05, 3.63) is 12.7 Å². The van der Waals surface area contributed by atoms with Crippen molar-refractivity contribution in [3.8, 4) is 0 Å². The normalized spacial score (nSPS) is 9.67. The average molecular weight is 214 g/mol. The molecule has 0 heterocycles. The molecular weight excluding hydrogens is 192 g/mol. The van der Waals surface area contributed by atoms with Crippen LogP contribution in [0.5, 0.6) is 0 Å². The molecule has 0 aliphatic carbocycles. The van der Waals surface area contributed by atoms with Gasteiger partial charge in [-0.2, -0.15) is 0 Å². The first-order chi connectivity index (χ1) is 7.31. The highest BCUT2D eigenvalue weighted by molar-refractivity contribution is 5.59. The van der Waals surface area contributed by atoms with Crippen molar-refractivity contribution in [3.63, 3.8) is 0 Å². The zero-order valence-electron chi connectivity index (χ0n) is 9.67.